The van der Waals surface area contributed by atoms with E-state index in [1.807, 2.05) is 0 Å². The van der Waals surface area contributed by atoms with E-state index >= 15 is 0 Å². The van der Waals surface area contributed by atoms with Crippen molar-refractivity contribution in [2.45, 2.75) is 19.4 Å². The molecule has 1 rings (SSSR count). The van der Waals surface area contributed by atoms with Crippen molar-refractivity contribution in [2.24, 2.45) is 5.73 Å². The van der Waals surface area contributed by atoms with Crippen molar-refractivity contribution in [1.29, 1.82) is 0 Å². The molecule has 3 N–H and O–H groups in total. The van der Waals surface area contributed by atoms with Gasteiger partial charge in [-0.25, -0.2) is 4.98 Å². The average Bonchev–Trinajstić information content (AvgIpc) is 2.46. The van der Waals surface area contributed by atoms with Gasteiger partial charge in [0.05, 0.1) is 12.4 Å². The number of carbonyl (C=O) groups is 2. The lowest BCUT2D eigenvalue weighted by molar-refractivity contribution is -0.144. The Morgan fingerprint density at radius 2 is 2.29 bits per heavy atom. The van der Waals surface area contributed by atoms with Crippen molar-refractivity contribution in [3.05, 3.63) is 22.8 Å². The van der Waals surface area contributed by atoms with Crippen LogP contribution in [-0.2, 0) is 14.3 Å². The van der Waals surface area contributed by atoms with Gasteiger partial charge in [-0.15, -0.1) is 0 Å². The molecule has 0 fully saturated rings. The number of halogens is 1. The van der Waals surface area contributed by atoms with Crippen LogP contribution in [0.4, 0.5) is 5.82 Å². The van der Waals surface area contributed by atoms with Crippen LogP contribution < -0.4 is 11.1 Å². The fourth-order valence-corrected chi connectivity index (χ4v) is 2.43. The van der Waals surface area contributed by atoms with Crippen LogP contribution in [0, 0.1) is 0 Å². The number of pyridine rings is 1. The highest BCUT2D eigenvalue weighted by atomic mass is 79.9. The normalized spacial score (nSPS) is 11.8. The molecule has 1 aromatic rings. The highest BCUT2D eigenvalue weighted by molar-refractivity contribution is 9.10. The first kappa shape index (κ1) is 17.9. The van der Waals surface area contributed by atoms with Gasteiger partial charge in [0.25, 0.3) is 0 Å². The highest BCUT2D eigenvalue weighted by Crippen LogP contribution is 2.11. The molecule has 21 heavy (non-hydrogen) atoms. The first-order chi connectivity index (χ1) is 10.0. The smallest absolute Gasteiger partial charge is 0.322 e. The fraction of sp³-hybridized carbons (Fsp3) is 0.462. The maximum absolute atomic E-state index is 11.7. The van der Waals surface area contributed by atoms with Crippen molar-refractivity contribution < 1.29 is 14.3 Å². The maximum atomic E-state index is 11.7. The lowest BCUT2D eigenvalue weighted by Gasteiger charge is -2.10. The fourth-order valence-electron chi connectivity index (χ4n) is 1.37. The first-order valence-electron chi connectivity index (χ1n) is 6.44. The Bertz CT molecular complexity index is 470. The molecule has 1 unspecified atom stereocenters. The molecule has 6 nitrogen and oxygen atoms in total. The van der Waals surface area contributed by atoms with Gasteiger partial charge in [0.1, 0.15) is 11.9 Å². The summed E-state index contributed by atoms with van der Waals surface area (Å²) < 4.78 is 5.66. The molecule has 1 aromatic heterocycles. The zero-order valence-electron chi connectivity index (χ0n) is 11.7. The van der Waals surface area contributed by atoms with Crippen LogP contribution in [0.25, 0.3) is 0 Å². The number of hydrogen-bond acceptors (Lipinski definition) is 6. The van der Waals surface area contributed by atoms with Crippen molar-refractivity contribution in [2.75, 3.05) is 23.4 Å². The van der Waals surface area contributed by atoms with Gasteiger partial charge in [0.2, 0.25) is 5.91 Å². The molecule has 0 aliphatic carbocycles. The summed E-state index contributed by atoms with van der Waals surface area (Å²) in [6.45, 7) is 2.06. The van der Waals surface area contributed by atoms with Crippen LogP contribution in [0.15, 0.2) is 22.8 Å². The van der Waals surface area contributed by atoms with Crippen molar-refractivity contribution in [3.8, 4) is 0 Å². The molecule has 1 atom stereocenters. The number of anilines is 1. The average molecular weight is 376 g/mol. The van der Waals surface area contributed by atoms with Gasteiger partial charge in [-0.3, -0.25) is 9.59 Å². The predicted octanol–water partition coefficient (Wildman–Crippen LogP) is 1.80. The van der Waals surface area contributed by atoms with E-state index in [4.69, 9.17) is 10.5 Å². The lowest BCUT2D eigenvalue weighted by atomic mass is 10.2. The maximum Gasteiger partial charge on any atom is 0.322 e. The van der Waals surface area contributed by atoms with E-state index in [9.17, 15) is 9.59 Å². The summed E-state index contributed by atoms with van der Waals surface area (Å²) in [4.78, 5) is 27.0. The molecule has 0 saturated carbocycles. The summed E-state index contributed by atoms with van der Waals surface area (Å²) in [5, 5.41) is 2.69. The van der Waals surface area contributed by atoms with Gasteiger partial charge in [0.15, 0.2) is 0 Å². The van der Waals surface area contributed by atoms with E-state index in [2.05, 4.69) is 26.2 Å². The van der Waals surface area contributed by atoms with Crippen molar-refractivity contribution in [1.82, 2.24) is 4.98 Å². The Labute approximate surface area is 136 Å². The molecule has 0 saturated heterocycles. The topological polar surface area (TPSA) is 94.3 Å². The Morgan fingerprint density at radius 3 is 2.90 bits per heavy atom. The van der Waals surface area contributed by atoms with Gasteiger partial charge in [-0.1, -0.05) is 0 Å². The Hall–Kier alpha value is -1.12. The summed E-state index contributed by atoms with van der Waals surface area (Å²) in [7, 11) is 0. The van der Waals surface area contributed by atoms with Crippen LogP contribution in [0.5, 0.6) is 0 Å². The van der Waals surface area contributed by atoms with E-state index in [-0.39, 0.29) is 11.7 Å². The van der Waals surface area contributed by atoms with Gasteiger partial charge >= 0.3 is 5.97 Å². The van der Waals surface area contributed by atoms with Gasteiger partial charge in [0, 0.05) is 10.7 Å². The third-order valence-electron chi connectivity index (χ3n) is 2.39. The van der Waals surface area contributed by atoms with E-state index in [1.54, 1.807) is 25.3 Å². The quantitative estimate of drug-likeness (QED) is 0.531. The van der Waals surface area contributed by atoms with Crippen LogP contribution >= 0.6 is 27.7 Å². The second kappa shape index (κ2) is 9.75. The first-order valence-corrected chi connectivity index (χ1v) is 8.39. The van der Waals surface area contributed by atoms with Crippen molar-refractivity contribution in [3.63, 3.8) is 0 Å². The van der Waals surface area contributed by atoms with E-state index in [1.165, 1.54) is 11.8 Å². The third-order valence-corrected chi connectivity index (χ3v) is 3.85. The molecule has 0 aromatic carbocycles. The van der Waals surface area contributed by atoms with Crippen LogP contribution in [-0.4, -0.2) is 41.0 Å². The molecule has 0 bridgehead atoms. The number of esters is 1. The van der Waals surface area contributed by atoms with E-state index in [0.717, 1.165) is 4.47 Å². The molecule has 116 valence electrons. The Balaban J connectivity index is 2.19. The largest absolute Gasteiger partial charge is 0.465 e. The minimum Gasteiger partial charge on any atom is -0.465 e. The molecule has 0 aliphatic heterocycles. The second-order valence-corrected chi connectivity index (χ2v) is 6.13. The summed E-state index contributed by atoms with van der Waals surface area (Å²) in [6, 6.07) is 2.88. The summed E-state index contributed by atoms with van der Waals surface area (Å²) >= 11 is 4.68. The van der Waals surface area contributed by atoms with Crippen molar-refractivity contribution >= 4 is 45.4 Å². The molecular formula is C13H18BrN3O3S. The summed E-state index contributed by atoms with van der Waals surface area (Å²) in [5.41, 5.74) is 5.66. The number of thioether (sulfide) groups is 1. The second-order valence-electron chi connectivity index (χ2n) is 4.11. The number of nitrogens with zero attached hydrogens (tertiary/aromatic N) is 1. The number of ether oxygens (including phenoxy) is 1. The number of nitrogens with one attached hydrogen (secondary N) is 1. The number of carbonyl (C=O) groups excluding carboxylic acids is 2. The monoisotopic (exact) mass is 375 g/mol. The molecule has 8 heteroatoms. The Morgan fingerprint density at radius 1 is 1.52 bits per heavy atom. The number of nitrogens with two attached hydrogens (primary N) is 1. The summed E-state index contributed by atoms with van der Waals surface area (Å²) in [5.74, 6) is 0.863. The van der Waals surface area contributed by atoms with Crippen LogP contribution in [0.2, 0.25) is 0 Å². The predicted molar refractivity (Wildman–Crippen MR) is 87.1 cm³/mol. The molecule has 0 aliphatic rings. The lowest BCUT2D eigenvalue weighted by Crippen LogP contribution is -2.32. The van der Waals surface area contributed by atoms with Gasteiger partial charge in [-0.05, 0) is 47.2 Å². The standard InChI is InChI=1S/C13H18BrN3O3S/c1-2-20-13(19)10(15)5-6-21-8-12(18)17-11-4-3-9(14)7-16-11/h3-4,7,10H,2,5-6,8,15H2,1H3,(H,16,17,18). The van der Waals surface area contributed by atoms with Crippen LogP contribution in [0.1, 0.15) is 13.3 Å². The molecule has 1 amide bonds. The van der Waals surface area contributed by atoms with Gasteiger partial charge < -0.3 is 15.8 Å². The van der Waals surface area contributed by atoms with Gasteiger partial charge in [-0.2, -0.15) is 11.8 Å². The number of amides is 1. The molecule has 0 radical (unpaired) electrons. The van der Waals surface area contributed by atoms with E-state index in [0.29, 0.717) is 24.6 Å². The summed E-state index contributed by atoms with van der Waals surface area (Å²) in [6.07, 6.45) is 2.09. The number of aromatic nitrogens is 1. The number of hydrogen-bond donors (Lipinski definition) is 2. The van der Waals surface area contributed by atoms with E-state index < -0.39 is 12.0 Å². The minimum absolute atomic E-state index is 0.139. The zero-order valence-corrected chi connectivity index (χ0v) is 14.1. The number of rotatable bonds is 8. The molecule has 0 spiro atoms. The highest BCUT2D eigenvalue weighted by Gasteiger charge is 2.14. The molecule has 1 heterocycles. The Kier molecular flexibility index (Phi) is 8.33. The third kappa shape index (κ3) is 7.45. The van der Waals surface area contributed by atoms with Crippen LogP contribution in [0.3, 0.4) is 0 Å². The molecular weight excluding hydrogens is 358 g/mol. The minimum atomic E-state index is -0.631. The SMILES string of the molecule is CCOC(=O)C(N)CCSCC(=O)Nc1ccc(Br)cn1. The zero-order chi connectivity index (χ0) is 15.7.